The Hall–Kier alpha value is -3.39. The lowest BCUT2D eigenvalue weighted by atomic mass is 10.1. The van der Waals surface area contributed by atoms with Gasteiger partial charge in [0.25, 0.3) is 0 Å². The molecule has 0 aliphatic carbocycles. The summed E-state index contributed by atoms with van der Waals surface area (Å²) in [5.41, 5.74) is 2.87. The number of aryl methyl sites for hydroxylation is 1. The highest BCUT2D eigenvalue weighted by Crippen LogP contribution is 2.34. The normalized spacial score (nSPS) is 13.9. The van der Waals surface area contributed by atoms with Crippen LogP contribution >= 0.6 is 11.6 Å². The van der Waals surface area contributed by atoms with Crippen molar-refractivity contribution in [2.24, 2.45) is 0 Å². The Morgan fingerprint density at radius 3 is 2.42 bits per heavy atom. The average molecular weight is 439 g/mol. The van der Waals surface area contributed by atoms with Crippen molar-refractivity contribution in [1.82, 2.24) is 9.97 Å². The van der Waals surface area contributed by atoms with E-state index in [0.717, 1.165) is 17.8 Å². The molecule has 2 aromatic carbocycles. The highest BCUT2D eigenvalue weighted by atomic mass is 35.5. The number of benzene rings is 2. The quantitative estimate of drug-likeness (QED) is 0.442. The third-order valence-electron chi connectivity index (χ3n) is 5.36. The first kappa shape index (κ1) is 20.9. The summed E-state index contributed by atoms with van der Waals surface area (Å²) in [5.74, 6) is 0.523. The van der Waals surface area contributed by atoms with Crippen LogP contribution < -0.4 is 15.1 Å². The van der Waals surface area contributed by atoms with Crippen molar-refractivity contribution < 1.29 is 4.92 Å². The van der Waals surface area contributed by atoms with Crippen LogP contribution in [0.5, 0.6) is 0 Å². The van der Waals surface area contributed by atoms with E-state index in [0.29, 0.717) is 37.0 Å². The predicted octanol–water partition coefficient (Wildman–Crippen LogP) is 4.67. The lowest BCUT2D eigenvalue weighted by Gasteiger charge is -2.36. The Morgan fingerprint density at radius 2 is 1.77 bits per heavy atom. The van der Waals surface area contributed by atoms with Crippen molar-refractivity contribution in [3.8, 4) is 0 Å². The summed E-state index contributed by atoms with van der Waals surface area (Å²) in [6.45, 7) is 4.71. The molecule has 2 heterocycles. The van der Waals surface area contributed by atoms with Crippen molar-refractivity contribution in [3.63, 3.8) is 0 Å². The number of nitrogens with zero attached hydrogens (tertiary/aromatic N) is 5. The van der Waals surface area contributed by atoms with Gasteiger partial charge in [0.2, 0.25) is 11.6 Å². The van der Waals surface area contributed by atoms with Gasteiger partial charge < -0.3 is 15.1 Å². The molecule has 0 spiro atoms. The molecule has 1 aliphatic rings. The third kappa shape index (κ3) is 4.69. The van der Waals surface area contributed by atoms with Crippen molar-refractivity contribution in [3.05, 3.63) is 75.6 Å². The molecule has 9 heteroatoms. The second kappa shape index (κ2) is 9.18. The largest absolute Gasteiger partial charge is 0.368 e. The summed E-state index contributed by atoms with van der Waals surface area (Å²) < 4.78 is 0. The van der Waals surface area contributed by atoms with Gasteiger partial charge in [-0.05, 0) is 42.3 Å². The Balaban J connectivity index is 1.54. The fourth-order valence-electron chi connectivity index (χ4n) is 3.67. The molecular weight excluding hydrogens is 416 g/mol. The van der Waals surface area contributed by atoms with E-state index in [4.69, 9.17) is 11.6 Å². The molecule has 160 valence electrons. The minimum Gasteiger partial charge on any atom is -0.368 e. The SMILES string of the molecule is CCc1ccc(Nc2ncnc(N3CCN(c4cccc(Cl)c4)CC3)c2[N+](=O)[O-])cc1. The molecule has 0 unspecified atom stereocenters. The van der Waals surface area contributed by atoms with Gasteiger partial charge in [-0.3, -0.25) is 10.1 Å². The average Bonchev–Trinajstić information content (AvgIpc) is 2.79. The van der Waals surface area contributed by atoms with Crippen LogP contribution in [0.25, 0.3) is 0 Å². The van der Waals surface area contributed by atoms with Gasteiger partial charge in [-0.15, -0.1) is 0 Å². The molecule has 0 amide bonds. The fraction of sp³-hybridized carbons (Fsp3) is 0.273. The summed E-state index contributed by atoms with van der Waals surface area (Å²) in [5, 5.41) is 15.7. The zero-order chi connectivity index (χ0) is 21.8. The molecule has 1 N–H and O–H groups in total. The zero-order valence-electron chi connectivity index (χ0n) is 17.2. The topological polar surface area (TPSA) is 87.4 Å². The van der Waals surface area contributed by atoms with Crippen LogP contribution in [0, 0.1) is 10.1 Å². The first-order valence-corrected chi connectivity index (χ1v) is 10.5. The molecule has 1 saturated heterocycles. The van der Waals surface area contributed by atoms with Gasteiger partial charge in [-0.1, -0.05) is 36.7 Å². The number of nitrogens with one attached hydrogen (secondary N) is 1. The number of rotatable bonds is 6. The first-order valence-electron chi connectivity index (χ1n) is 10.2. The Kier molecular flexibility index (Phi) is 6.18. The number of aromatic nitrogens is 2. The van der Waals surface area contributed by atoms with Crippen LogP contribution in [0.2, 0.25) is 5.02 Å². The van der Waals surface area contributed by atoms with Gasteiger partial charge in [0.15, 0.2) is 0 Å². The number of halogens is 1. The van der Waals surface area contributed by atoms with Crippen molar-refractivity contribution in [2.45, 2.75) is 13.3 Å². The van der Waals surface area contributed by atoms with Gasteiger partial charge >= 0.3 is 5.69 Å². The summed E-state index contributed by atoms with van der Waals surface area (Å²) in [6, 6.07) is 15.5. The van der Waals surface area contributed by atoms with Crippen LogP contribution in [-0.2, 0) is 6.42 Å². The zero-order valence-corrected chi connectivity index (χ0v) is 17.9. The molecule has 8 nitrogen and oxygen atoms in total. The van der Waals surface area contributed by atoms with E-state index in [1.807, 2.05) is 53.4 Å². The van der Waals surface area contributed by atoms with Crippen LogP contribution in [0.15, 0.2) is 54.9 Å². The van der Waals surface area contributed by atoms with Crippen LogP contribution in [0.4, 0.5) is 28.7 Å². The molecule has 1 aromatic heterocycles. The standard InChI is InChI=1S/C22H23ClN6O2/c1-2-16-6-8-18(9-7-16)26-21-20(29(30)31)22(25-15-24-21)28-12-10-27(11-13-28)19-5-3-4-17(23)14-19/h3-9,14-15H,2,10-13H2,1H3,(H,24,25,26). The van der Waals surface area contributed by atoms with E-state index in [2.05, 4.69) is 27.1 Å². The summed E-state index contributed by atoms with van der Waals surface area (Å²) in [6.07, 6.45) is 2.30. The highest BCUT2D eigenvalue weighted by Gasteiger charge is 2.29. The summed E-state index contributed by atoms with van der Waals surface area (Å²) in [7, 11) is 0. The Bertz CT molecular complexity index is 1070. The van der Waals surface area contributed by atoms with E-state index in [1.165, 1.54) is 11.9 Å². The highest BCUT2D eigenvalue weighted by molar-refractivity contribution is 6.30. The van der Waals surface area contributed by atoms with Gasteiger partial charge in [0.05, 0.1) is 4.92 Å². The van der Waals surface area contributed by atoms with E-state index < -0.39 is 4.92 Å². The minimum absolute atomic E-state index is 0.113. The van der Waals surface area contributed by atoms with E-state index >= 15 is 0 Å². The maximum atomic E-state index is 11.9. The predicted molar refractivity (Wildman–Crippen MR) is 124 cm³/mol. The number of piperazine rings is 1. The molecule has 0 bridgehead atoms. The molecule has 1 fully saturated rings. The molecule has 1 aliphatic heterocycles. The van der Waals surface area contributed by atoms with Crippen molar-refractivity contribution in [2.75, 3.05) is 41.3 Å². The van der Waals surface area contributed by atoms with E-state index in [9.17, 15) is 10.1 Å². The number of hydrogen-bond acceptors (Lipinski definition) is 7. The molecule has 0 saturated carbocycles. The Labute approximate surface area is 185 Å². The summed E-state index contributed by atoms with van der Waals surface area (Å²) in [4.78, 5) is 24.1. The summed E-state index contributed by atoms with van der Waals surface area (Å²) >= 11 is 6.11. The maximum Gasteiger partial charge on any atom is 0.353 e. The van der Waals surface area contributed by atoms with Crippen LogP contribution in [0.1, 0.15) is 12.5 Å². The van der Waals surface area contributed by atoms with Gasteiger partial charge in [0, 0.05) is 42.6 Å². The monoisotopic (exact) mass is 438 g/mol. The van der Waals surface area contributed by atoms with Crippen molar-refractivity contribution in [1.29, 1.82) is 0 Å². The molecule has 31 heavy (non-hydrogen) atoms. The number of nitro groups is 1. The van der Waals surface area contributed by atoms with Crippen LogP contribution in [-0.4, -0.2) is 41.1 Å². The number of hydrogen-bond donors (Lipinski definition) is 1. The van der Waals surface area contributed by atoms with Gasteiger partial charge in [-0.2, -0.15) is 0 Å². The Morgan fingerprint density at radius 1 is 1.06 bits per heavy atom. The smallest absolute Gasteiger partial charge is 0.353 e. The molecule has 0 radical (unpaired) electrons. The van der Waals surface area contributed by atoms with Gasteiger partial charge in [0.1, 0.15) is 6.33 Å². The first-order chi connectivity index (χ1) is 15.0. The third-order valence-corrected chi connectivity index (χ3v) is 5.60. The molecular formula is C22H23ClN6O2. The van der Waals surface area contributed by atoms with E-state index in [1.54, 1.807) is 0 Å². The molecule has 0 atom stereocenters. The second-order valence-corrected chi connectivity index (χ2v) is 7.72. The lowest BCUT2D eigenvalue weighted by molar-refractivity contribution is -0.383. The lowest BCUT2D eigenvalue weighted by Crippen LogP contribution is -2.47. The van der Waals surface area contributed by atoms with E-state index in [-0.39, 0.29) is 11.5 Å². The van der Waals surface area contributed by atoms with Crippen molar-refractivity contribution >= 4 is 40.3 Å². The second-order valence-electron chi connectivity index (χ2n) is 7.28. The number of anilines is 4. The molecule has 4 rings (SSSR count). The maximum absolute atomic E-state index is 11.9. The fourth-order valence-corrected chi connectivity index (χ4v) is 3.85. The minimum atomic E-state index is -0.415. The van der Waals surface area contributed by atoms with Gasteiger partial charge in [-0.25, -0.2) is 9.97 Å². The molecule has 3 aromatic rings. The van der Waals surface area contributed by atoms with Crippen LogP contribution in [0.3, 0.4) is 0 Å².